The molecule has 1 N–H and O–H groups in total. The van der Waals surface area contributed by atoms with Gasteiger partial charge in [0.25, 0.3) is 0 Å². The van der Waals surface area contributed by atoms with Crippen LogP contribution in [0.15, 0.2) is 35.5 Å². The van der Waals surface area contributed by atoms with Crippen LogP contribution in [0.3, 0.4) is 0 Å². The summed E-state index contributed by atoms with van der Waals surface area (Å²) >= 11 is 0. The van der Waals surface area contributed by atoms with Crippen LogP contribution in [-0.2, 0) is 19.6 Å². The summed E-state index contributed by atoms with van der Waals surface area (Å²) < 4.78 is 46.1. The van der Waals surface area contributed by atoms with Gasteiger partial charge in [0, 0.05) is 43.2 Å². The molecule has 2 heterocycles. The van der Waals surface area contributed by atoms with Gasteiger partial charge in [-0.15, -0.1) is 0 Å². The standard InChI is InChI=1S/C16H18FN3O4S/c1-24-10-15(21)19-12-5-6-20(9-12)25(22,23)14-4-2-3-11-7-18-8-13(17)16(11)14/h2-4,7-8,12H,5-6,9-10H2,1H3,(H,19,21)/t12-/m0/s1. The molecule has 3 rings (SSSR count). The molecular formula is C16H18FN3O4S. The zero-order chi connectivity index (χ0) is 18.0. The number of benzene rings is 1. The van der Waals surface area contributed by atoms with E-state index in [1.54, 1.807) is 12.1 Å². The highest BCUT2D eigenvalue weighted by molar-refractivity contribution is 7.89. The van der Waals surface area contributed by atoms with Crippen LogP contribution in [0.1, 0.15) is 6.42 Å². The van der Waals surface area contributed by atoms with Crippen molar-refractivity contribution in [2.45, 2.75) is 17.4 Å². The van der Waals surface area contributed by atoms with Crippen LogP contribution in [0.2, 0.25) is 0 Å². The summed E-state index contributed by atoms with van der Waals surface area (Å²) in [6.45, 7) is 0.314. The van der Waals surface area contributed by atoms with Crippen LogP contribution < -0.4 is 5.32 Å². The lowest BCUT2D eigenvalue weighted by atomic mass is 10.2. The van der Waals surface area contributed by atoms with Gasteiger partial charge in [-0.05, 0) is 12.5 Å². The first-order valence-corrected chi connectivity index (χ1v) is 9.18. The van der Waals surface area contributed by atoms with Gasteiger partial charge in [0.05, 0.1) is 11.1 Å². The first-order valence-electron chi connectivity index (χ1n) is 7.74. The average molecular weight is 367 g/mol. The van der Waals surface area contributed by atoms with Gasteiger partial charge >= 0.3 is 0 Å². The molecule has 134 valence electrons. The number of amides is 1. The van der Waals surface area contributed by atoms with Gasteiger partial charge in [0.2, 0.25) is 15.9 Å². The minimum absolute atomic E-state index is 0.0318. The summed E-state index contributed by atoms with van der Waals surface area (Å²) in [7, 11) is -2.47. The van der Waals surface area contributed by atoms with Crippen molar-refractivity contribution in [2.24, 2.45) is 0 Å². The van der Waals surface area contributed by atoms with Gasteiger partial charge in [0.1, 0.15) is 6.61 Å². The molecule has 9 heteroatoms. The quantitative estimate of drug-likeness (QED) is 0.848. The third-order valence-corrected chi connectivity index (χ3v) is 6.02. The topological polar surface area (TPSA) is 88.6 Å². The number of fused-ring (bicyclic) bond motifs is 1. The number of nitrogens with one attached hydrogen (secondary N) is 1. The molecule has 0 bridgehead atoms. The van der Waals surface area contributed by atoms with Gasteiger partial charge in [-0.3, -0.25) is 9.78 Å². The molecule has 1 atom stereocenters. The number of pyridine rings is 1. The summed E-state index contributed by atoms with van der Waals surface area (Å²) in [4.78, 5) is 15.2. The SMILES string of the molecule is COCC(=O)N[C@H]1CCN(S(=O)(=O)c2cccc3cncc(F)c23)C1. The zero-order valence-electron chi connectivity index (χ0n) is 13.6. The van der Waals surface area contributed by atoms with Crippen molar-refractivity contribution in [3.63, 3.8) is 0 Å². The van der Waals surface area contributed by atoms with Crippen molar-refractivity contribution in [1.82, 2.24) is 14.6 Å². The molecule has 1 aromatic heterocycles. The number of hydrogen-bond donors (Lipinski definition) is 1. The zero-order valence-corrected chi connectivity index (χ0v) is 14.4. The van der Waals surface area contributed by atoms with Gasteiger partial charge in [0.15, 0.2) is 5.82 Å². The molecule has 0 aliphatic carbocycles. The van der Waals surface area contributed by atoms with Gasteiger partial charge in [-0.1, -0.05) is 12.1 Å². The number of carbonyl (C=O) groups excluding carboxylic acids is 1. The van der Waals surface area contributed by atoms with E-state index in [1.807, 2.05) is 0 Å². The fourth-order valence-corrected chi connectivity index (χ4v) is 4.70. The van der Waals surface area contributed by atoms with Crippen molar-refractivity contribution in [3.8, 4) is 0 Å². The molecule has 0 spiro atoms. The number of halogens is 1. The second-order valence-electron chi connectivity index (χ2n) is 5.82. The highest BCUT2D eigenvalue weighted by atomic mass is 32.2. The first kappa shape index (κ1) is 17.7. The van der Waals surface area contributed by atoms with E-state index in [9.17, 15) is 17.6 Å². The molecule has 1 aliphatic heterocycles. The van der Waals surface area contributed by atoms with Crippen LogP contribution in [0, 0.1) is 5.82 Å². The molecule has 1 aromatic carbocycles. The second kappa shape index (κ2) is 7.03. The Morgan fingerprint density at radius 3 is 3.00 bits per heavy atom. The molecule has 7 nitrogen and oxygen atoms in total. The monoisotopic (exact) mass is 367 g/mol. The minimum Gasteiger partial charge on any atom is -0.375 e. The van der Waals surface area contributed by atoms with Crippen LogP contribution in [0.25, 0.3) is 10.8 Å². The molecule has 0 saturated carbocycles. The summed E-state index contributed by atoms with van der Waals surface area (Å²) in [5.74, 6) is -0.977. The number of nitrogens with zero attached hydrogens (tertiary/aromatic N) is 2. The molecule has 1 saturated heterocycles. The molecule has 25 heavy (non-hydrogen) atoms. The number of aromatic nitrogens is 1. The van der Waals surface area contributed by atoms with E-state index in [0.717, 1.165) is 6.20 Å². The maximum Gasteiger partial charge on any atom is 0.246 e. The molecular weight excluding hydrogens is 349 g/mol. The van der Waals surface area contributed by atoms with E-state index in [4.69, 9.17) is 4.74 Å². The third kappa shape index (κ3) is 3.48. The summed E-state index contributed by atoms with van der Waals surface area (Å²) in [5, 5.41) is 3.18. The average Bonchev–Trinajstić information content (AvgIpc) is 3.04. The van der Waals surface area contributed by atoms with Crippen molar-refractivity contribution in [3.05, 3.63) is 36.4 Å². The van der Waals surface area contributed by atoms with Crippen molar-refractivity contribution < 1.29 is 22.3 Å². The number of methoxy groups -OCH3 is 1. The van der Waals surface area contributed by atoms with Gasteiger partial charge in [-0.2, -0.15) is 4.31 Å². The number of sulfonamides is 1. The van der Waals surface area contributed by atoms with Crippen molar-refractivity contribution in [2.75, 3.05) is 26.8 Å². The van der Waals surface area contributed by atoms with Crippen LogP contribution in [0.5, 0.6) is 0 Å². The Labute approximate surface area is 144 Å². The van der Waals surface area contributed by atoms with E-state index >= 15 is 0 Å². The van der Waals surface area contributed by atoms with Gasteiger partial charge < -0.3 is 10.1 Å². The maximum absolute atomic E-state index is 14.2. The molecule has 1 amide bonds. The lowest BCUT2D eigenvalue weighted by Gasteiger charge is -2.18. The molecule has 1 fully saturated rings. The second-order valence-corrected chi connectivity index (χ2v) is 7.73. The number of ether oxygens (including phenoxy) is 1. The van der Waals surface area contributed by atoms with E-state index < -0.39 is 15.8 Å². The summed E-state index contributed by atoms with van der Waals surface area (Å²) in [6.07, 6.45) is 2.91. The smallest absolute Gasteiger partial charge is 0.246 e. The molecule has 0 radical (unpaired) electrons. The molecule has 0 unspecified atom stereocenters. The number of rotatable bonds is 5. The Bertz CT molecular complexity index is 898. The van der Waals surface area contributed by atoms with Crippen molar-refractivity contribution >= 4 is 26.7 Å². The Kier molecular flexibility index (Phi) is 4.98. The third-order valence-electron chi connectivity index (χ3n) is 4.11. The largest absolute Gasteiger partial charge is 0.375 e. The highest BCUT2D eigenvalue weighted by Gasteiger charge is 2.34. The Hall–Kier alpha value is -2.10. The Morgan fingerprint density at radius 2 is 2.24 bits per heavy atom. The maximum atomic E-state index is 14.2. The van der Waals surface area contributed by atoms with Gasteiger partial charge in [-0.25, -0.2) is 12.8 Å². The number of carbonyl (C=O) groups is 1. The van der Waals surface area contributed by atoms with E-state index in [-0.39, 0.29) is 41.9 Å². The normalized spacial score (nSPS) is 18.6. The predicted molar refractivity (Wildman–Crippen MR) is 88.9 cm³/mol. The van der Waals surface area contributed by atoms with E-state index in [0.29, 0.717) is 11.8 Å². The van der Waals surface area contributed by atoms with Crippen LogP contribution in [0.4, 0.5) is 4.39 Å². The Balaban J connectivity index is 1.87. The molecule has 1 aliphatic rings. The van der Waals surface area contributed by atoms with Crippen LogP contribution >= 0.6 is 0 Å². The van der Waals surface area contributed by atoms with Crippen molar-refractivity contribution in [1.29, 1.82) is 0 Å². The predicted octanol–water partition coefficient (Wildman–Crippen LogP) is 0.900. The lowest BCUT2D eigenvalue weighted by Crippen LogP contribution is -2.40. The fraction of sp³-hybridized carbons (Fsp3) is 0.375. The van der Waals surface area contributed by atoms with E-state index in [1.165, 1.54) is 23.7 Å². The minimum atomic E-state index is -3.89. The lowest BCUT2D eigenvalue weighted by molar-refractivity contribution is -0.125. The summed E-state index contributed by atoms with van der Waals surface area (Å²) in [6, 6.07) is 4.27. The summed E-state index contributed by atoms with van der Waals surface area (Å²) in [5.41, 5.74) is 0. The first-order chi connectivity index (χ1) is 11.9. The molecule has 2 aromatic rings. The number of hydrogen-bond acceptors (Lipinski definition) is 5. The van der Waals surface area contributed by atoms with E-state index in [2.05, 4.69) is 10.3 Å². The Morgan fingerprint density at radius 1 is 1.44 bits per heavy atom. The highest BCUT2D eigenvalue weighted by Crippen LogP contribution is 2.29. The van der Waals surface area contributed by atoms with Crippen LogP contribution in [-0.4, -0.2) is 56.5 Å². The fourth-order valence-electron chi connectivity index (χ4n) is 2.98.